The van der Waals surface area contributed by atoms with Crippen LogP contribution >= 0.6 is 0 Å². The van der Waals surface area contributed by atoms with E-state index in [0.29, 0.717) is 11.3 Å². The Hall–Kier alpha value is -2.08. The molecule has 2 aromatic rings. The first kappa shape index (κ1) is 8.52. The third-order valence-corrected chi connectivity index (χ3v) is 2.36. The summed E-state index contributed by atoms with van der Waals surface area (Å²) in [6.07, 6.45) is 2.57. The van der Waals surface area contributed by atoms with Gasteiger partial charge in [-0.3, -0.25) is 4.79 Å². The van der Waals surface area contributed by atoms with Crippen molar-refractivity contribution in [2.45, 2.75) is 6.92 Å². The average Bonchev–Trinajstić information content (AvgIpc) is 2.49. The first-order chi connectivity index (χ1) is 6.79. The highest BCUT2D eigenvalue weighted by molar-refractivity contribution is 5.82. The SMILES string of the molecule is Cc1c(C#N)c2ccccn2c1C=O. The summed E-state index contributed by atoms with van der Waals surface area (Å²) in [7, 11) is 0. The Kier molecular flexibility index (Phi) is 1.83. The molecule has 0 aromatic carbocycles. The van der Waals surface area contributed by atoms with Crippen molar-refractivity contribution in [1.82, 2.24) is 4.40 Å². The Balaban J connectivity index is 3.01. The molecule has 2 aromatic heterocycles. The zero-order chi connectivity index (χ0) is 10.1. The smallest absolute Gasteiger partial charge is 0.167 e. The summed E-state index contributed by atoms with van der Waals surface area (Å²) in [5.41, 5.74) is 2.66. The van der Waals surface area contributed by atoms with E-state index in [2.05, 4.69) is 6.07 Å². The van der Waals surface area contributed by atoms with Gasteiger partial charge in [-0.25, -0.2) is 0 Å². The van der Waals surface area contributed by atoms with Gasteiger partial charge in [0.1, 0.15) is 6.07 Å². The van der Waals surface area contributed by atoms with Gasteiger partial charge >= 0.3 is 0 Å². The molecular formula is C11H8N2O. The summed E-state index contributed by atoms with van der Waals surface area (Å²) >= 11 is 0. The maximum atomic E-state index is 10.8. The van der Waals surface area contributed by atoms with Crippen molar-refractivity contribution in [1.29, 1.82) is 5.26 Å². The molecule has 0 spiro atoms. The summed E-state index contributed by atoms with van der Waals surface area (Å²) in [6, 6.07) is 7.63. The number of hydrogen-bond acceptors (Lipinski definition) is 2. The largest absolute Gasteiger partial charge is 0.313 e. The summed E-state index contributed by atoms with van der Waals surface area (Å²) in [6.45, 7) is 1.79. The number of hydrogen-bond donors (Lipinski definition) is 0. The molecule has 14 heavy (non-hydrogen) atoms. The first-order valence-electron chi connectivity index (χ1n) is 4.24. The molecule has 0 aliphatic heterocycles. The van der Waals surface area contributed by atoms with Crippen LogP contribution in [-0.4, -0.2) is 10.7 Å². The van der Waals surface area contributed by atoms with Crippen LogP contribution < -0.4 is 0 Å². The summed E-state index contributed by atoms with van der Waals surface area (Å²) in [4.78, 5) is 10.8. The van der Waals surface area contributed by atoms with Gasteiger partial charge in [0.25, 0.3) is 0 Å². The van der Waals surface area contributed by atoms with E-state index in [1.807, 2.05) is 18.2 Å². The molecule has 0 radical (unpaired) electrons. The zero-order valence-corrected chi connectivity index (χ0v) is 7.69. The van der Waals surface area contributed by atoms with E-state index in [9.17, 15) is 4.79 Å². The van der Waals surface area contributed by atoms with Gasteiger partial charge in [-0.15, -0.1) is 0 Å². The number of aromatic nitrogens is 1. The van der Waals surface area contributed by atoms with Crippen molar-refractivity contribution in [2.24, 2.45) is 0 Å². The zero-order valence-electron chi connectivity index (χ0n) is 7.69. The van der Waals surface area contributed by atoms with Gasteiger partial charge < -0.3 is 4.40 Å². The number of nitrogens with zero attached hydrogens (tertiary/aromatic N) is 2. The van der Waals surface area contributed by atoms with E-state index in [1.54, 1.807) is 17.5 Å². The van der Waals surface area contributed by atoms with E-state index in [1.165, 1.54) is 0 Å². The van der Waals surface area contributed by atoms with Crippen LogP contribution in [0.4, 0.5) is 0 Å². The Bertz CT molecular complexity index is 546. The third kappa shape index (κ3) is 0.944. The van der Waals surface area contributed by atoms with E-state index in [4.69, 9.17) is 5.26 Å². The number of carbonyl (C=O) groups excluding carboxylic acids is 1. The van der Waals surface area contributed by atoms with E-state index in [0.717, 1.165) is 17.4 Å². The lowest BCUT2D eigenvalue weighted by Gasteiger charge is -1.94. The molecule has 0 amide bonds. The molecule has 3 nitrogen and oxygen atoms in total. The third-order valence-electron chi connectivity index (χ3n) is 2.36. The van der Waals surface area contributed by atoms with Gasteiger partial charge in [-0.2, -0.15) is 5.26 Å². The number of fused-ring (bicyclic) bond motifs is 1. The molecule has 0 aliphatic rings. The molecule has 0 saturated carbocycles. The van der Waals surface area contributed by atoms with Crippen molar-refractivity contribution in [3.05, 3.63) is 41.2 Å². The molecular weight excluding hydrogens is 176 g/mol. The molecule has 0 saturated heterocycles. The maximum Gasteiger partial charge on any atom is 0.167 e. The standard InChI is InChI=1S/C11H8N2O/c1-8-9(6-12)10-4-2-3-5-13(10)11(8)7-14/h2-5,7H,1H3. The molecule has 0 bridgehead atoms. The molecule has 2 rings (SSSR count). The van der Waals surface area contributed by atoms with Crippen molar-refractivity contribution in [2.75, 3.05) is 0 Å². The van der Waals surface area contributed by atoms with Gasteiger partial charge in [-0.1, -0.05) is 6.07 Å². The first-order valence-corrected chi connectivity index (χ1v) is 4.24. The average molecular weight is 184 g/mol. The van der Waals surface area contributed by atoms with Crippen molar-refractivity contribution < 1.29 is 4.79 Å². The number of nitriles is 1. The molecule has 0 aliphatic carbocycles. The van der Waals surface area contributed by atoms with Crippen molar-refractivity contribution in [3.63, 3.8) is 0 Å². The van der Waals surface area contributed by atoms with Gasteiger partial charge in [0.2, 0.25) is 0 Å². The second kappa shape index (κ2) is 3.00. The highest BCUT2D eigenvalue weighted by Crippen LogP contribution is 2.20. The van der Waals surface area contributed by atoms with Crippen LogP contribution in [0.3, 0.4) is 0 Å². The van der Waals surface area contributed by atoms with Crippen LogP contribution in [0, 0.1) is 18.3 Å². The highest BCUT2D eigenvalue weighted by atomic mass is 16.1. The normalized spacial score (nSPS) is 10.0. The van der Waals surface area contributed by atoms with Gasteiger partial charge in [0.15, 0.2) is 6.29 Å². The van der Waals surface area contributed by atoms with Crippen LogP contribution in [0.2, 0.25) is 0 Å². The quantitative estimate of drug-likeness (QED) is 0.635. The fraction of sp³-hybridized carbons (Fsp3) is 0.0909. The molecule has 68 valence electrons. The minimum atomic E-state index is 0.553. The second-order valence-electron chi connectivity index (χ2n) is 3.07. The Morgan fingerprint density at radius 3 is 2.93 bits per heavy atom. The predicted octanol–water partition coefficient (Wildman–Crippen LogP) is 1.93. The lowest BCUT2D eigenvalue weighted by molar-refractivity contribution is 0.111. The molecule has 0 fully saturated rings. The second-order valence-corrected chi connectivity index (χ2v) is 3.07. The van der Waals surface area contributed by atoms with E-state index < -0.39 is 0 Å². The summed E-state index contributed by atoms with van der Waals surface area (Å²) in [5.74, 6) is 0. The number of pyridine rings is 1. The molecule has 2 heterocycles. The fourth-order valence-corrected chi connectivity index (χ4v) is 1.64. The Labute approximate surface area is 81.2 Å². The van der Waals surface area contributed by atoms with Crippen molar-refractivity contribution >= 4 is 11.8 Å². The molecule has 0 N–H and O–H groups in total. The number of carbonyl (C=O) groups is 1. The lowest BCUT2D eigenvalue weighted by atomic mass is 10.1. The molecule has 0 unspecified atom stereocenters. The van der Waals surface area contributed by atoms with Crippen LogP contribution in [0.15, 0.2) is 24.4 Å². The summed E-state index contributed by atoms with van der Waals surface area (Å²) in [5, 5.41) is 8.95. The van der Waals surface area contributed by atoms with E-state index in [-0.39, 0.29) is 0 Å². The predicted molar refractivity (Wildman–Crippen MR) is 52.2 cm³/mol. The topological polar surface area (TPSA) is 45.3 Å². The van der Waals surface area contributed by atoms with Crippen LogP contribution in [0.5, 0.6) is 0 Å². The van der Waals surface area contributed by atoms with E-state index >= 15 is 0 Å². The van der Waals surface area contributed by atoms with Crippen LogP contribution in [0.1, 0.15) is 21.6 Å². The molecule has 3 heteroatoms. The number of aldehydes is 1. The van der Waals surface area contributed by atoms with Crippen molar-refractivity contribution in [3.8, 4) is 6.07 Å². The fourth-order valence-electron chi connectivity index (χ4n) is 1.64. The Morgan fingerprint density at radius 2 is 2.29 bits per heavy atom. The van der Waals surface area contributed by atoms with Crippen LogP contribution in [0.25, 0.3) is 5.52 Å². The van der Waals surface area contributed by atoms with Gasteiger partial charge in [0, 0.05) is 6.20 Å². The van der Waals surface area contributed by atoms with Gasteiger partial charge in [0.05, 0.1) is 16.8 Å². The summed E-state index contributed by atoms with van der Waals surface area (Å²) < 4.78 is 1.74. The van der Waals surface area contributed by atoms with Crippen LogP contribution in [-0.2, 0) is 0 Å². The Morgan fingerprint density at radius 1 is 1.50 bits per heavy atom. The molecule has 0 atom stereocenters. The number of rotatable bonds is 1. The lowest BCUT2D eigenvalue weighted by Crippen LogP contribution is -1.90. The highest BCUT2D eigenvalue weighted by Gasteiger charge is 2.12. The minimum absolute atomic E-state index is 0.553. The monoisotopic (exact) mass is 184 g/mol. The minimum Gasteiger partial charge on any atom is -0.313 e. The maximum absolute atomic E-state index is 10.8. The van der Waals surface area contributed by atoms with Gasteiger partial charge in [-0.05, 0) is 24.6 Å².